The van der Waals surface area contributed by atoms with Crippen LogP contribution in [-0.2, 0) is 11.3 Å². The van der Waals surface area contributed by atoms with Crippen LogP contribution >= 0.6 is 0 Å². The Bertz CT molecular complexity index is 564. The van der Waals surface area contributed by atoms with Gasteiger partial charge >= 0.3 is 0 Å². The largest absolute Gasteiger partial charge is 0.381 e. The molecule has 3 aliphatic heterocycles. The third-order valence-electron chi connectivity index (χ3n) is 6.68. The second kappa shape index (κ2) is 7.17. The third kappa shape index (κ3) is 3.52. The molecule has 0 N–H and O–H groups in total. The van der Waals surface area contributed by atoms with Crippen molar-refractivity contribution in [2.24, 2.45) is 5.41 Å². The molecular formula is C19H31N5O. The Morgan fingerprint density at radius 3 is 2.40 bits per heavy atom. The minimum Gasteiger partial charge on any atom is -0.381 e. The van der Waals surface area contributed by atoms with E-state index in [0.717, 1.165) is 51.9 Å². The number of likely N-dealkylation sites (tertiary alicyclic amines) is 1. The summed E-state index contributed by atoms with van der Waals surface area (Å²) in [6.07, 6.45) is 7.79. The molecule has 1 atom stereocenters. The Kier molecular flexibility index (Phi) is 4.93. The van der Waals surface area contributed by atoms with Gasteiger partial charge in [-0.05, 0) is 45.2 Å². The van der Waals surface area contributed by atoms with Crippen LogP contribution in [0.25, 0.3) is 0 Å². The van der Waals surface area contributed by atoms with Gasteiger partial charge < -0.3 is 14.5 Å². The molecule has 1 spiro atoms. The van der Waals surface area contributed by atoms with Crippen LogP contribution in [0.2, 0.25) is 0 Å². The molecule has 3 saturated heterocycles. The molecule has 0 saturated carbocycles. The van der Waals surface area contributed by atoms with Crippen LogP contribution in [-0.4, -0.2) is 78.8 Å². The lowest BCUT2D eigenvalue weighted by Crippen LogP contribution is -2.45. The van der Waals surface area contributed by atoms with Crippen LogP contribution in [0, 0.1) is 5.41 Å². The number of ether oxygens (including phenoxy) is 1. The van der Waals surface area contributed by atoms with E-state index in [4.69, 9.17) is 4.74 Å². The molecule has 0 amide bonds. The van der Waals surface area contributed by atoms with Gasteiger partial charge in [0.25, 0.3) is 0 Å². The zero-order valence-corrected chi connectivity index (χ0v) is 15.7. The number of hydrogen-bond acceptors (Lipinski definition) is 6. The van der Waals surface area contributed by atoms with E-state index < -0.39 is 0 Å². The molecule has 4 heterocycles. The molecule has 0 aliphatic carbocycles. The molecule has 6 nitrogen and oxygen atoms in total. The van der Waals surface area contributed by atoms with Gasteiger partial charge in [0.15, 0.2) is 0 Å². The van der Waals surface area contributed by atoms with Gasteiger partial charge in [0.1, 0.15) is 0 Å². The van der Waals surface area contributed by atoms with Crippen molar-refractivity contribution in [2.45, 2.75) is 38.8 Å². The summed E-state index contributed by atoms with van der Waals surface area (Å²) in [7, 11) is 2.17. The molecule has 4 rings (SSSR count). The summed E-state index contributed by atoms with van der Waals surface area (Å²) in [6, 6.07) is 0.619. The summed E-state index contributed by atoms with van der Waals surface area (Å²) in [5.74, 6) is 0.882. The average Bonchev–Trinajstić information content (AvgIpc) is 2.93. The smallest absolute Gasteiger partial charge is 0.225 e. The van der Waals surface area contributed by atoms with E-state index in [1.165, 1.54) is 31.4 Å². The summed E-state index contributed by atoms with van der Waals surface area (Å²) in [5.41, 5.74) is 1.70. The second-order valence-electron chi connectivity index (χ2n) is 8.05. The molecule has 1 unspecified atom stereocenters. The molecule has 0 radical (unpaired) electrons. The summed E-state index contributed by atoms with van der Waals surface area (Å²) in [6.45, 7) is 10.6. The highest BCUT2D eigenvalue weighted by molar-refractivity contribution is 5.30. The minimum atomic E-state index is 0.471. The number of anilines is 1. The summed E-state index contributed by atoms with van der Waals surface area (Å²) in [5, 5.41) is 0. The first-order chi connectivity index (χ1) is 12.2. The first-order valence-electron chi connectivity index (χ1n) is 9.72. The van der Waals surface area contributed by atoms with Crippen LogP contribution in [0.15, 0.2) is 12.4 Å². The molecular weight excluding hydrogens is 314 g/mol. The number of piperazine rings is 1. The van der Waals surface area contributed by atoms with E-state index in [0.29, 0.717) is 11.5 Å². The highest BCUT2D eigenvalue weighted by Crippen LogP contribution is 2.45. The van der Waals surface area contributed by atoms with Gasteiger partial charge in [-0.3, -0.25) is 4.90 Å². The Labute approximate surface area is 151 Å². The maximum atomic E-state index is 5.59. The highest BCUT2D eigenvalue weighted by Gasteiger charge is 2.45. The van der Waals surface area contributed by atoms with Gasteiger partial charge in [0.2, 0.25) is 5.95 Å². The van der Waals surface area contributed by atoms with E-state index in [1.54, 1.807) is 0 Å². The van der Waals surface area contributed by atoms with Gasteiger partial charge in [-0.2, -0.15) is 0 Å². The molecule has 25 heavy (non-hydrogen) atoms. The molecule has 0 aromatic carbocycles. The van der Waals surface area contributed by atoms with Crippen molar-refractivity contribution in [3.8, 4) is 0 Å². The molecule has 1 aromatic rings. The standard InChI is InChI=1S/C19H31N5O/c1-16-19(4-11-25-12-5-19)3-6-24(16)15-17-13-20-18(21-14-17)23-9-7-22(2)8-10-23/h13-14,16H,3-12,15H2,1-2H3. The molecule has 0 bridgehead atoms. The lowest BCUT2D eigenvalue weighted by molar-refractivity contribution is -0.00151. The van der Waals surface area contributed by atoms with Gasteiger partial charge in [-0.25, -0.2) is 9.97 Å². The third-order valence-corrected chi connectivity index (χ3v) is 6.68. The lowest BCUT2D eigenvalue weighted by Gasteiger charge is -2.39. The maximum absolute atomic E-state index is 5.59. The van der Waals surface area contributed by atoms with Crippen molar-refractivity contribution in [1.82, 2.24) is 19.8 Å². The fourth-order valence-electron chi connectivity index (χ4n) is 4.65. The quantitative estimate of drug-likeness (QED) is 0.829. The fraction of sp³-hybridized carbons (Fsp3) is 0.789. The fourth-order valence-corrected chi connectivity index (χ4v) is 4.65. The van der Waals surface area contributed by atoms with E-state index >= 15 is 0 Å². The molecule has 6 heteroatoms. The van der Waals surface area contributed by atoms with Gasteiger partial charge in [-0.1, -0.05) is 0 Å². The number of rotatable bonds is 3. The normalized spacial score (nSPS) is 27.9. The van der Waals surface area contributed by atoms with Gasteiger partial charge in [0.05, 0.1) is 0 Å². The minimum absolute atomic E-state index is 0.471. The van der Waals surface area contributed by atoms with Gasteiger partial charge in [-0.15, -0.1) is 0 Å². The first kappa shape index (κ1) is 17.2. The van der Waals surface area contributed by atoms with Crippen molar-refractivity contribution < 1.29 is 4.74 Å². The van der Waals surface area contributed by atoms with Crippen LogP contribution < -0.4 is 4.90 Å². The summed E-state index contributed by atoms with van der Waals surface area (Å²) >= 11 is 0. The summed E-state index contributed by atoms with van der Waals surface area (Å²) in [4.78, 5) is 16.6. The van der Waals surface area contributed by atoms with E-state index in [1.807, 2.05) is 12.4 Å². The van der Waals surface area contributed by atoms with Crippen molar-refractivity contribution in [3.05, 3.63) is 18.0 Å². The van der Waals surface area contributed by atoms with Crippen LogP contribution in [0.1, 0.15) is 31.7 Å². The Morgan fingerprint density at radius 2 is 1.72 bits per heavy atom. The van der Waals surface area contributed by atoms with Crippen LogP contribution in [0.4, 0.5) is 5.95 Å². The molecule has 138 valence electrons. The maximum Gasteiger partial charge on any atom is 0.225 e. The Balaban J connectivity index is 1.37. The number of aromatic nitrogens is 2. The summed E-state index contributed by atoms with van der Waals surface area (Å²) < 4.78 is 5.59. The number of hydrogen-bond donors (Lipinski definition) is 0. The number of nitrogens with zero attached hydrogens (tertiary/aromatic N) is 5. The Hall–Kier alpha value is -1.24. The second-order valence-corrected chi connectivity index (χ2v) is 8.05. The predicted molar refractivity (Wildman–Crippen MR) is 98.7 cm³/mol. The zero-order chi connectivity index (χ0) is 17.3. The first-order valence-corrected chi connectivity index (χ1v) is 9.72. The van der Waals surface area contributed by atoms with E-state index in [2.05, 4.69) is 38.6 Å². The predicted octanol–water partition coefficient (Wildman–Crippen LogP) is 1.62. The average molecular weight is 345 g/mol. The Morgan fingerprint density at radius 1 is 1.04 bits per heavy atom. The highest BCUT2D eigenvalue weighted by atomic mass is 16.5. The monoisotopic (exact) mass is 345 g/mol. The zero-order valence-electron chi connectivity index (χ0n) is 15.7. The topological polar surface area (TPSA) is 44.7 Å². The molecule has 1 aromatic heterocycles. The van der Waals surface area contributed by atoms with E-state index in [-0.39, 0.29) is 0 Å². The lowest BCUT2D eigenvalue weighted by atomic mass is 9.74. The van der Waals surface area contributed by atoms with Crippen LogP contribution in [0.5, 0.6) is 0 Å². The van der Waals surface area contributed by atoms with Gasteiger partial charge in [0, 0.05) is 69.9 Å². The van der Waals surface area contributed by atoms with Crippen molar-refractivity contribution in [3.63, 3.8) is 0 Å². The van der Waals surface area contributed by atoms with Crippen molar-refractivity contribution in [1.29, 1.82) is 0 Å². The van der Waals surface area contributed by atoms with E-state index in [9.17, 15) is 0 Å². The van der Waals surface area contributed by atoms with Crippen LogP contribution in [0.3, 0.4) is 0 Å². The molecule has 3 aliphatic rings. The molecule has 3 fully saturated rings. The number of likely N-dealkylation sites (N-methyl/N-ethyl adjacent to an activating group) is 1. The SMILES string of the molecule is CC1N(Cc2cnc(N3CCN(C)CC3)nc2)CCC12CCOCC2. The van der Waals surface area contributed by atoms with Crippen molar-refractivity contribution in [2.75, 3.05) is 57.9 Å². The van der Waals surface area contributed by atoms with Crippen molar-refractivity contribution >= 4 is 5.95 Å².